The maximum absolute atomic E-state index is 12.7. The predicted octanol–water partition coefficient (Wildman–Crippen LogP) is 2.68. The van der Waals surface area contributed by atoms with Crippen molar-refractivity contribution in [1.29, 1.82) is 0 Å². The lowest BCUT2D eigenvalue weighted by molar-refractivity contribution is -0.174. The van der Waals surface area contributed by atoms with E-state index in [0.717, 1.165) is 23.8 Å². The first kappa shape index (κ1) is 16.3. The van der Waals surface area contributed by atoms with Crippen molar-refractivity contribution in [3.63, 3.8) is 0 Å². The third-order valence-corrected chi connectivity index (χ3v) is 5.14. The number of nitrogens with zero attached hydrogens (tertiary/aromatic N) is 3. The van der Waals surface area contributed by atoms with Crippen LogP contribution in [0.3, 0.4) is 0 Å². The zero-order chi connectivity index (χ0) is 18.3. The number of ether oxygens (including phenoxy) is 2. The Bertz CT molecular complexity index is 933. The molecule has 2 aromatic heterocycles. The number of aromatic nitrogens is 2. The number of para-hydroxylation sites is 1. The van der Waals surface area contributed by atoms with Gasteiger partial charge in [0.05, 0.1) is 19.7 Å². The van der Waals surface area contributed by atoms with Crippen LogP contribution in [0, 0.1) is 0 Å². The van der Waals surface area contributed by atoms with E-state index in [-0.39, 0.29) is 17.6 Å². The Hall–Kier alpha value is -2.93. The van der Waals surface area contributed by atoms with Crippen LogP contribution >= 0.6 is 0 Å². The van der Waals surface area contributed by atoms with Crippen LogP contribution in [0.15, 0.2) is 53.2 Å². The van der Waals surface area contributed by atoms with Crippen molar-refractivity contribution in [3.8, 4) is 6.01 Å². The Balaban J connectivity index is 1.24. The third-order valence-electron chi connectivity index (χ3n) is 5.14. The fourth-order valence-electron chi connectivity index (χ4n) is 3.84. The van der Waals surface area contributed by atoms with Crippen LogP contribution in [0.25, 0.3) is 11.0 Å². The van der Waals surface area contributed by atoms with E-state index in [1.807, 2.05) is 24.3 Å². The Morgan fingerprint density at radius 3 is 2.81 bits per heavy atom. The van der Waals surface area contributed by atoms with E-state index < -0.39 is 0 Å². The second-order valence-electron chi connectivity index (χ2n) is 7.11. The second-order valence-corrected chi connectivity index (χ2v) is 7.11. The van der Waals surface area contributed by atoms with Crippen LogP contribution < -0.4 is 4.74 Å². The highest BCUT2D eigenvalue weighted by molar-refractivity contribution is 5.96. The number of fused-ring (bicyclic) bond motifs is 1. The highest BCUT2D eigenvalue weighted by Crippen LogP contribution is 2.36. The second kappa shape index (κ2) is 6.35. The van der Waals surface area contributed by atoms with Crippen molar-refractivity contribution in [2.24, 2.45) is 0 Å². The number of carbonyl (C=O) groups is 1. The molecule has 138 valence electrons. The minimum atomic E-state index is -0.348. The van der Waals surface area contributed by atoms with Gasteiger partial charge in [-0.25, -0.2) is 9.97 Å². The summed E-state index contributed by atoms with van der Waals surface area (Å²) in [6.45, 7) is 1.68. The molecule has 1 aromatic carbocycles. The topological polar surface area (TPSA) is 77.7 Å². The highest BCUT2D eigenvalue weighted by atomic mass is 16.5. The fraction of sp³-hybridized carbons (Fsp3) is 0.350. The minimum Gasteiger partial charge on any atom is -0.460 e. The quantitative estimate of drug-likeness (QED) is 0.710. The molecule has 1 unspecified atom stereocenters. The number of likely N-dealkylation sites (tertiary alicyclic amines) is 1. The lowest BCUT2D eigenvalue weighted by atomic mass is 9.84. The molecular weight excluding hydrogens is 346 g/mol. The third kappa shape index (κ3) is 3.04. The molecule has 2 aliphatic rings. The molecule has 7 nitrogen and oxygen atoms in total. The molecule has 5 rings (SSSR count). The maximum atomic E-state index is 12.7. The molecule has 0 N–H and O–H groups in total. The van der Waals surface area contributed by atoms with Gasteiger partial charge in [-0.3, -0.25) is 4.79 Å². The standard InChI is InChI=1S/C20H19N3O4/c24-18(17-10-14-4-1-2-5-16(14)27-17)23-12-20(13-23)11-15(6-9-25-20)26-19-21-7-3-8-22-19/h1-5,7-8,10,15H,6,9,11-13H2. The number of rotatable bonds is 3. The summed E-state index contributed by atoms with van der Waals surface area (Å²) in [5, 5.41) is 0.932. The molecule has 0 saturated carbocycles. The molecular formula is C20H19N3O4. The van der Waals surface area contributed by atoms with Gasteiger partial charge in [-0.05, 0) is 18.2 Å². The van der Waals surface area contributed by atoms with Crippen molar-refractivity contribution >= 4 is 16.9 Å². The van der Waals surface area contributed by atoms with Crippen molar-refractivity contribution in [1.82, 2.24) is 14.9 Å². The highest BCUT2D eigenvalue weighted by Gasteiger charge is 2.50. The molecule has 0 aliphatic carbocycles. The molecule has 1 atom stereocenters. The lowest BCUT2D eigenvalue weighted by Crippen LogP contribution is -2.67. The largest absolute Gasteiger partial charge is 0.460 e. The summed E-state index contributed by atoms with van der Waals surface area (Å²) >= 11 is 0. The molecule has 4 heterocycles. The summed E-state index contributed by atoms with van der Waals surface area (Å²) in [7, 11) is 0. The van der Waals surface area contributed by atoms with Crippen molar-refractivity contribution in [2.75, 3.05) is 19.7 Å². The zero-order valence-electron chi connectivity index (χ0n) is 14.7. The first-order valence-electron chi connectivity index (χ1n) is 9.06. The predicted molar refractivity (Wildman–Crippen MR) is 96.5 cm³/mol. The smallest absolute Gasteiger partial charge is 0.316 e. The van der Waals surface area contributed by atoms with Crippen molar-refractivity contribution in [2.45, 2.75) is 24.5 Å². The van der Waals surface area contributed by atoms with Gasteiger partial charge in [-0.2, -0.15) is 0 Å². The Kier molecular flexibility index (Phi) is 3.82. The molecule has 3 aromatic rings. The number of hydrogen-bond acceptors (Lipinski definition) is 6. The lowest BCUT2D eigenvalue weighted by Gasteiger charge is -2.52. The summed E-state index contributed by atoms with van der Waals surface area (Å²) in [5.41, 5.74) is 0.376. The average Bonchev–Trinajstić information content (AvgIpc) is 3.11. The van der Waals surface area contributed by atoms with E-state index in [0.29, 0.717) is 31.5 Å². The number of furan rings is 1. The summed E-state index contributed by atoms with van der Waals surface area (Å²) < 4.78 is 17.6. The van der Waals surface area contributed by atoms with Gasteiger partial charge in [0.2, 0.25) is 0 Å². The Labute approximate surface area is 155 Å². The van der Waals surface area contributed by atoms with Gasteiger partial charge in [0, 0.05) is 30.6 Å². The van der Waals surface area contributed by atoms with E-state index >= 15 is 0 Å². The Morgan fingerprint density at radius 2 is 2.00 bits per heavy atom. The number of amides is 1. The van der Waals surface area contributed by atoms with Crippen LogP contribution in [0.1, 0.15) is 23.4 Å². The first-order chi connectivity index (χ1) is 13.2. The van der Waals surface area contributed by atoms with Gasteiger partial charge in [0.1, 0.15) is 17.3 Å². The fourth-order valence-corrected chi connectivity index (χ4v) is 3.84. The molecule has 0 radical (unpaired) electrons. The number of carbonyl (C=O) groups excluding carboxylic acids is 1. The maximum Gasteiger partial charge on any atom is 0.316 e. The minimum absolute atomic E-state index is 0.00963. The summed E-state index contributed by atoms with van der Waals surface area (Å²) in [4.78, 5) is 22.7. The van der Waals surface area contributed by atoms with Gasteiger partial charge in [0.15, 0.2) is 5.76 Å². The van der Waals surface area contributed by atoms with Gasteiger partial charge in [0.25, 0.3) is 5.91 Å². The molecule has 1 amide bonds. The van der Waals surface area contributed by atoms with E-state index in [9.17, 15) is 4.79 Å². The van der Waals surface area contributed by atoms with Crippen LogP contribution in [0.5, 0.6) is 6.01 Å². The summed E-state index contributed by atoms with van der Waals surface area (Å²) in [5.74, 6) is 0.266. The average molecular weight is 365 g/mol. The van der Waals surface area contributed by atoms with E-state index in [1.165, 1.54) is 0 Å². The molecule has 27 heavy (non-hydrogen) atoms. The van der Waals surface area contributed by atoms with E-state index in [2.05, 4.69) is 9.97 Å². The molecule has 0 bridgehead atoms. The van der Waals surface area contributed by atoms with Crippen LogP contribution in [0.2, 0.25) is 0 Å². The van der Waals surface area contributed by atoms with Gasteiger partial charge in [-0.15, -0.1) is 0 Å². The molecule has 1 spiro atoms. The van der Waals surface area contributed by atoms with Crippen LogP contribution in [-0.4, -0.2) is 52.2 Å². The number of benzene rings is 1. The zero-order valence-corrected chi connectivity index (χ0v) is 14.7. The van der Waals surface area contributed by atoms with Crippen LogP contribution in [-0.2, 0) is 4.74 Å². The molecule has 7 heteroatoms. The monoisotopic (exact) mass is 365 g/mol. The van der Waals surface area contributed by atoms with Gasteiger partial charge >= 0.3 is 6.01 Å². The van der Waals surface area contributed by atoms with Crippen molar-refractivity contribution < 1.29 is 18.7 Å². The number of hydrogen-bond donors (Lipinski definition) is 0. The molecule has 2 fully saturated rings. The Morgan fingerprint density at radius 1 is 1.19 bits per heavy atom. The molecule has 2 saturated heterocycles. The summed E-state index contributed by atoms with van der Waals surface area (Å²) in [6, 6.07) is 11.6. The molecule has 2 aliphatic heterocycles. The van der Waals surface area contributed by atoms with Crippen molar-refractivity contribution in [3.05, 3.63) is 54.6 Å². The van der Waals surface area contributed by atoms with E-state index in [1.54, 1.807) is 29.4 Å². The van der Waals surface area contributed by atoms with Crippen LogP contribution in [0.4, 0.5) is 0 Å². The normalized spacial score (nSPS) is 21.2. The first-order valence-corrected chi connectivity index (χ1v) is 9.06. The SMILES string of the molecule is O=C(c1cc2ccccc2o1)N1CC2(CC(Oc3ncccn3)CCO2)C1. The van der Waals surface area contributed by atoms with Gasteiger partial charge < -0.3 is 18.8 Å². The van der Waals surface area contributed by atoms with Gasteiger partial charge in [-0.1, -0.05) is 18.2 Å². The van der Waals surface area contributed by atoms with E-state index in [4.69, 9.17) is 13.9 Å². The summed E-state index contributed by atoms with van der Waals surface area (Å²) in [6.07, 6.45) is 4.82.